The van der Waals surface area contributed by atoms with E-state index < -0.39 is 13.0 Å². The average Bonchev–Trinajstić information content (AvgIpc) is 2.38. The Balaban J connectivity index is 2.81. The van der Waals surface area contributed by atoms with Crippen LogP contribution < -0.4 is 4.74 Å². The smallest absolute Gasteiger partial charge is 0.251 e. The van der Waals surface area contributed by atoms with Gasteiger partial charge in [-0.2, -0.15) is 5.26 Å². The molecule has 19 heavy (non-hydrogen) atoms. The molecule has 0 fully saturated rings. The van der Waals surface area contributed by atoms with Crippen LogP contribution in [0.25, 0.3) is 0 Å². The lowest BCUT2D eigenvalue weighted by molar-refractivity contribution is 0.0746. The molecule has 0 heterocycles. The van der Waals surface area contributed by atoms with Crippen LogP contribution in [-0.2, 0) is 6.54 Å². The molecule has 1 N–H and O–H groups in total. The van der Waals surface area contributed by atoms with Gasteiger partial charge < -0.3 is 9.84 Å². The number of rotatable bonds is 7. The van der Waals surface area contributed by atoms with Gasteiger partial charge in [-0.3, -0.25) is 4.90 Å². The van der Waals surface area contributed by atoms with Crippen LogP contribution in [0.4, 0.5) is 8.78 Å². The average molecular weight is 270 g/mol. The minimum Gasteiger partial charge on any atom is -0.495 e. The van der Waals surface area contributed by atoms with E-state index in [4.69, 9.17) is 15.1 Å². The van der Waals surface area contributed by atoms with Crippen LogP contribution in [-0.4, -0.2) is 43.2 Å². The summed E-state index contributed by atoms with van der Waals surface area (Å²) in [7, 11) is 1.45. The van der Waals surface area contributed by atoms with Gasteiger partial charge in [-0.05, 0) is 17.7 Å². The first kappa shape index (κ1) is 15.3. The minimum atomic E-state index is -2.45. The monoisotopic (exact) mass is 270 g/mol. The van der Waals surface area contributed by atoms with E-state index in [1.54, 1.807) is 18.2 Å². The van der Waals surface area contributed by atoms with E-state index in [-0.39, 0.29) is 19.7 Å². The highest BCUT2D eigenvalue weighted by Gasteiger charge is 2.13. The lowest BCUT2D eigenvalue weighted by atomic mass is 10.1. The summed E-state index contributed by atoms with van der Waals surface area (Å²) in [5.41, 5.74) is 1.15. The summed E-state index contributed by atoms with van der Waals surface area (Å²) in [6.45, 7) is -0.136. The number of nitrogens with zero attached hydrogens (tertiary/aromatic N) is 2. The van der Waals surface area contributed by atoms with E-state index in [1.807, 2.05) is 6.07 Å². The Morgan fingerprint density at radius 2 is 2.21 bits per heavy atom. The Morgan fingerprint density at radius 1 is 1.47 bits per heavy atom. The third kappa shape index (κ3) is 4.81. The number of halogens is 2. The second-order valence-corrected chi connectivity index (χ2v) is 4.00. The summed E-state index contributed by atoms with van der Waals surface area (Å²) in [4.78, 5) is 1.45. The maximum atomic E-state index is 12.4. The van der Waals surface area contributed by atoms with Crippen molar-refractivity contribution >= 4 is 0 Å². The van der Waals surface area contributed by atoms with Crippen molar-refractivity contribution in [3.63, 3.8) is 0 Å². The molecule has 0 amide bonds. The van der Waals surface area contributed by atoms with E-state index in [9.17, 15) is 8.78 Å². The molecule has 1 aromatic rings. The van der Waals surface area contributed by atoms with Crippen LogP contribution in [0.15, 0.2) is 18.2 Å². The van der Waals surface area contributed by atoms with E-state index in [0.29, 0.717) is 11.3 Å². The highest BCUT2D eigenvalue weighted by Crippen LogP contribution is 2.20. The van der Waals surface area contributed by atoms with Crippen molar-refractivity contribution in [3.05, 3.63) is 29.3 Å². The molecule has 0 radical (unpaired) electrons. The molecule has 0 aliphatic heterocycles. The van der Waals surface area contributed by atoms with E-state index in [2.05, 4.69) is 0 Å². The van der Waals surface area contributed by atoms with Gasteiger partial charge in [-0.25, -0.2) is 8.78 Å². The van der Waals surface area contributed by atoms with Crippen molar-refractivity contribution in [2.75, 3.05) is 26.8 Å². The van der Waals surface area contributed by atoms with Crippen LogP contribution in [0, 0.1) is 11.3 Å². The second-order valence-electron chi connectivity index (χ2n) is 4.00. The normalized spacial score (nSPS) is 10.8. The number of ether oxygens (including phenoxy) is 1. The van der Waals surface area contributed by atoms with Crippen molar-refractivity contribution in [3.8, 4) is 11.8 Å². The summed E-state index contributed by atoms with van der Waals surface area (Å²) >= 11 is 0. The molecule has 0 bridgehead atoms. The van der Waals surface area contributed by atoms with Crippen molar-refractivity contribution in [2.24, 2.45) is 0 Å². The van der Waals surface area contributed by atoms with Crippen molar-refractivity contribution in [1.82, 2.24) is 4.90 Å². The zero-order valence-electron chi connectivity index (χ0n) is 10.6. The molecule has 0 atom stereocenters. The largest absolute Gasteiger partial charge is 0.495 e. The molecule has 1 rings (SSSR count). The molecular formula is C13H16F2N2O2. The van der Waals surface area contributed by atoms with Crippen LogP contribution in [0.3, 0.4) is 0 Å². The molecule has 0 aromatic heterocycles. The highest BCUT2D eigenvalue weighted by molar-refractivity contribution is 5.45. The van der Waals surface area contributed by atoms with Gasteiger partial charge in [0.15, 0.2) is 0 Å². The number of hydrogen-bond acceptors (Lipinski definition) is 4. The number of methoxy groups -OCH3 is 1. The van der Waals surface area contributed by atoms with Crippen LogP contribution in [0.2, 0.25) is 0 Å². The van der Waals surface area contributed by atoms with Crippen molar-refractivity contribution in [2.45, 2.75) is 13.0 Å². The highest BCUT2D eigenvalue weighted by atomic mass is 19.3. The first-order valence-electron chi connectivity index (χ1n) is 5.79. The van der Waals surface area contributed by atoms with Gasteiger partial charge in [0.25, 0.3) is 6.43 Å². The first-order valence-corrected chi connectivity index (χ1v) is 5.79. The molecule has 0 unspecified atom stereocenters. The number of aliphatic hydroxyl groups excluding tert-OH is 1. The molecule has 4 nitrogen and oxygen atoms in total. The molecule has 0 aliphatic rings. The Kier molecular flexibility index (Phi) is 6.19. The lowest BCUT2D eigenvalue weighted by Crippen LogP contribution is -2.31. The number of aliphatic hydroxyl groups is 1. The van der Waals surface area contributed by atoms with E-state index in [1.165, 1.54) is 12.0 Å². The number of hydrogen-bond donors (Lipinski definition) is 1. The first-order chi connectivity index (χ1) is 9.10. The molecule has 1 aromatic carbocycles. The van der Waals surface area contributed by atoms with Gasteiger partial charge in [-0.1, -0.05) is 6.07 Å². The zero-order chi connectivity index (χ0) is 14.3. The van der Waals surface area contributed by atoms with Crippen molar-refractivity contribution < 1.29 is 18.6 Å². The standard InChI is InChI=1S/C13H16F2N2O2/c1-19-12-6-10(2-3-11(12)7-16)8-17(4-5-18)9-13(14)15/h2-3,6,13,18H,4-5,8-9H2,1H3. The molecule has 0 saturated heterocycles. The minimum absolute atomic E-state index is 0.173. The maximum Gasteiger partial charge on any atom is 0.251 e. The SMILES string of the molecule is COc1cc(CN(CCO)CC(F)F)ccc1C#N. The fourth-order valence-electron chi connectivity index (χ4n) is 1.76. The number of benzene rings is 1. The molecule has 104 valence electrons. The molecule has 0 spiro atoms. The Bertz CT molecular complexity index is 447. The maximum absolute atomic E-state index is 12.4. The third-order valence-corrected chi connectivity index (χ3v) is 2.61. The van der Waals surface area contributed by atoms with E-state index >= 15 is 0 Å². The van der Waals surface area contributed by atoms with Crippen molar-refractivity contribution in [1.29, 1.82) is 5.26 Å². The van der Waals surface area contributed by atoms with Gasteiger partial charge in [0, 0.05) is 13.1 Å². The molecular weight excluding hydrogens is 254 g/mol. The van der Waals surface area contributed by atoms with Gasteiger partial charge in [0.1, 0.15) is 11.8 Å². The Hall–Kier alpha value is -1.71. The molecule has 0 saturated carbocycles. The topological polar surface area (TPSA) is 56.5 Å². The Labute approximate surface area is 110 Å². The van der Waals surface area contributed by atoms with Gasteiger partial charge in [0.2, 0.25) is 0 Å². The fraction of sp³-hybridized carbons (Fsp3) is 0.462. The summed E-state index contributed by atoms with van der Waals surface area (Å²) in [5, 5.41) is 17.7. The Morgan fingerprint density at radius 3 is 2.74 bits per heavy atom. The summed E-state index contributed by atoms with van der Waals surface area (Å²) in [5.74, 6) is 0.418. The van der Waals surface area contributed by atoms with Crippen LogP contribution in [0.5, 0.6) is 5.75 Å². The summed E-state index contributed by atoms with van der Waals surface area (Å²) in [6.07, 6.45) is -2.45. The fourth-order valence-corrected chi connectivity index (χ4v) is 1.76. The summed E-state index contributed by atoms with van der Waals surface area (Å²) in [6, 6.07) is 6.92. The van der Waals surface area contributed by atoms with Crippen LogP contribution in [0.1, 0.15) is 11.1 Å². The predicted octanol–water partition coefficient (Wildman–Crippen LogP) is 1.63. The van der Waals surface area contributed by atoms with Gasteiger partial charge in [0.05, 0.1) is 25.8 Å². The predicted molar refractivity (Wildman–Crippen MR) is 66.1 cm³/mol. The second kappa shape index (κ2) is 7.67. The summed E-state index contributed by atoms with van der Waals surface area (Å²) < 4.78 is 29.8. The lowest BCUT2D eigenvalue weighted by Gasteiger charge is -2.21. The van der Waals surface area contributed by atoms with Crippen LogP contribution >= 0.6 is 0 Å². The molecule has 6 heteroatoms. The zero-order valence-corrected chi connectivity index (χ0v) is 10.6. The van der Waals surface area contributed by atoms with Gasteiger partial charge in [-0.15, -0.1) is 0 Å². The third-order valence-electron chi connectivity index (χ3n) is 2.61. The molecule has 0 aliphatic carbocycles. The number of alkyl halides is 2. The van der Waals surface area contributed by atoms with E-state index in [0.717, 1.165) is 5.56 Å². The van der Waals surface area contributed by atoms with Gasteiger partial charge >= 0.3 is 0 Å². The quantitative estimate of drug-likeness (QED) is 0.818. The number of nitriles is 1.